The normalized spacial score (nSPS) is 12.6. The first-order valence-electron chi connectivity index (χ1n) is 7.10. The Balaban J connectivity index is 2.06. The van der Waals surface area contributed by atoms with Crippen molar-refractivity contribution in [2.45, 2.75) is 32.9 Å². The number of methoxy groups -OCH3 is 1. The molecule has 0 aliphatic rings. The fourth-order valence-corrected chi connectivity index (χ4v) is 2.15. The van der Waals surface area contributed by atoms with E-state index < -0.39 is 0 Å². The maximum absolute atomic E-state index is 11.6. The van der Waals surface area contributed by atoms with Crippen LogP contribution in [0.2, 0.25) is 0 Å². The van der Waals surface area contributed by atoms with Crippen LogP contribution in [0.1, 0.15) is 32.6 Å². The molecule has 2 N–H and O–H groups in total. The molecule has 1 aromatic carbocycles. The molecule has 5 nitrogen and oxygen atoms in total. The Morgan fingerprint density at radius 3 is 2.76 bits per heavy atom. The number of hydrogen-bond donors (Lipinski definition) is 2. The molecule has 0 fully saturated rings. The van der Waals surface area contributed by atoms with Gasteiger partial charge < -0.3 is 14.5 Å². The molecule has 0 aliphatic heterocycles. The molecule has 0 unspecified atom stereocenters. The molecule has 0 saturated carbocycles. The molecule has 1 aromatic heterocycles. The topological polar surface area (TPSA) is 63.5 Å². The van der Waals surface area contributed by atoms with E-state index in [1.54, 1.807) is 7.11 Å². The van der Waals surface area contributed by atoms with Crippen molar-refractivity contribution in [2.24, 2.45) is 0 Å². The van der Waals surface area contributed by atoms with Crippen molar-refractivity contribution in [3.63, 3.8) is 0 Å². The van der Waals surface area contributed by atoms with Crippen LogP contribution >= 0.6 is 0 Å². The highest BCUT2D eigenvalue weighted by atomic mass is 16.5. The van der Waals surface area contributed by atoms with Gasteiger partial charge in [-0.2, -0.15) is 0 Å². The third-order valence-electron chi connectivity index (χ3n) is 3.19. The van der Waals surface area contributed by atoms with Crippen LogP contribution in [0.4, 0.5) is 0 Å². The zero-order valence-corrected chi connectivity index (χ0v) is 12.9. The monoisotopic (exact) mass is 290 g/mol. The van der Waals surface area contributed by atoms with Gasteiger partial charge in [0.25, 0.3) is 0 Å². The van der Waals surface area contributed by atoms with Gasteiger partial charge in [0.1, 0.15) is 5.76 Å². The quantitative estimate of drug-likeness (QED) is 0.858. The highest BCUT2D eigenvalue weighted by Crippen LogP contribution is 2.30. The molecule has 2 aromatic rings. The fourth-order valence-electron chi connectivity index (χ4n) is 2.15. The van der Waals surface area contributed by atoms with E-state index in [4.69, 9.17) is 9.15 Å². The molecular formula is C16H22N2O3. The van der Waals surface area contributed by atoms with Gasteiger partial charge in [0.15, 0.2) is 11.3 Å². The summed E-state index contributed by atoms with van der Waals surface area (Å²) in [4.78, 5) is 11.6. The Morgan fingerprint density at radius 1 is 1.33 bits per heavy atom. The molecule has 114 valence electrons. The molecule has 2 rings (SSSR count). The largest absolute Gasteiger partial charge is 0.493 e. The summed E-state index contributed by atoms with van der Waals surface area (Å²) in [7, 11) is 1.62. The van der Waals surface area contributed by atoms with Gasteiger partial charge in [-0.1, -0.05) is 12.1 Å². The minimum Gasteiger partial charge on any atom is -0.493 e. The van der Waals surface area contributed by atoms with E-state index in [0.717, 1.165) is 16.7 Å². The SMILES string of the molecule is COc1cccc2cc([C@H](C)NCC(=O)NC(C)C)oc12. The van der Waals surface area contributed by atoms with Crippen LogP contribution in [0, 0.1) is 0 Å². The Bertz CT molecular complexity index is 619. The van der Waals surface area contributed by atoms with Gasteiger partial charge >= 0.3 is 0 Å². The van der Waals surface area contributed by atoms with E-state index in [2.05, 4.69) is 10.6 Å². The highest BCUT2D eigenvalue weighted by Gasteiger charge is 2.14. The highest BCUT2D eigenvalue weighted by molar-refractivity contribution is 5.83. The number of carbonyl (C=O) groups excluding carboxylic acids is 1. The van der Waals surface area contributed by atoms with Crippen LogP contribution in [0.5, 0.6) is 5.75 Å². The summed E-state index contributed by atoms with van der Waals surface area (Å²) < 4.78 is 11.1. The number of rotatable bonds is 6. The van der Waals surface area contributed by atoms with E-state index >= 15 is 0 Å². The predicted octanol–water partition coefficient (Wildman–Crippen LogP) is 2.62. The second-order valence-corrected chi connectivity index (χ2v) is 5.35. The predicted molar refractivity (Wildman–Crippen MR) is 82.5 cm³/mol. The van der Waals surface area contributed by atoms with Crippen molar-refractivity contribution in [1.29, 1.82) is 0 Å². The molecule has 1 atom stereocenters. The van der Waals surface area contributed by atoms with Crippen molar-refractivity contribution in [2.75, 3.05) is 13.7 Å². The van der Waals surface area contributed by atoms with Crippen LogP contribution < -0.4 is 15.4 Å². The molecule has 5 heteroatoms. The van der Waals surface area contributed by atoms with Gasteiger partial charge in [-0.05, 0) is 32.9 Å². The molecule has 1 amide bonds. The lowest BCUT2D eigenvalue weighted by Crippen LogP contribution is -2.38. The average molecular weight is 290 g/mol. The van der Waals surface area contributed by atoms with Crippen LogP contribution in [-0.2, 0) is 4.79 Å². The Labute approximate surface area is 124 Å². The maximum Gasteiger partial charge on any atom is 0.234 e. The fraction of sp³-hybridized carbons (Fsp3) is 0.438. The van der Waals surface area contributed by atoms with E-state index in [1.165, 1.54) is 0 Å². The number of fused-ring (bicyclic) bond motifs is 1. The van der Waals surface area contributed by atoms with Gasteiger partial charge in [0, 0.05) is 11.4 Å². The Kier molecular flexibility index (Phi) is 4.85. The minimum absolute atomic E-state index is 0.0226. The summed E-state index contributed by atoms with van der Waals surface area (Å²) in [6, 6.07) is 7.82. The van der Waals surface area contributed by atoms with E-state index in [9.17, 15) is 4.79 Å². The zero-order chi connectivity index (χ0) is 15.4. The lowest BCUT2D eigenvalue weighted by atomic mass is 10.2. The van der Waals surface area contributed by atoms with Crippen molar-refractivity contribution in [3.8, 4) is 5.75 Å². The second kappa shape index (κ2) is 6.63. The van der Waals surface area contributed by atoms with Crippen molar-refractivity contribution in [3.05, 3.63) is 30.0 Å². The molecule has 1 heterocycles. The Hall–Kier alpha value is -2.01. The summed E-state index contributed by atoms with van der Waals surface area (Å²) in [5.74, 6) is 1.47. The number of para-hydroxylation sites is 1. The summed E-state index contributed by atoms with van der Waals surface area (Å²) in [5, 5.41) is 6.99. The van der Waals surface area contributed by atoms with Crippen LogP contribution in [0.15, 0.2) is 28.7 Å². The standard InChI is InChI=1S/C16H22N2O3/c1-10(2)18-15(19)9-17-11(3)14-8-12-6-5-7-13(20-4)16(12)21-14/h5-8,10-11,17H,9H2,1-4H3,(H,18,19)/t11-/m0/s1. The maximum atomic E-state index is 11.6. The van der Waals surface area contributed by atoms with E-state index in [1.807, 2.05) is 45.0 Å². The number of hydrogen-bond acceptors (Lipinski definition) is 4. The van der Waals surface area contributed by atoms with Crippen molar-refractivity contribution < 1.29 is 13.9 Å². The first-order chi connectivity index (χ1) is 10.0. The molecule has 0 bridgehead atoms. The zero-order valence-electron chi connectivity index (χ0n) is 12.9. The molecule has 0 aliphatic carbocycles. The first kappa shape index (κ1) is 15.4. The van der Waals surface area contributed by atoms with E-state index in [0.29, 0.717) is 5.75 Å². The summed E-state index contributed by atoms with van der Waals surface area (Å²) in [5.41, 5.74) is 0.732. The van der Waals surface area contributed by atoms with Gasteiger partial charge in [-0.3, -0.25) is 10.1 Å². The van der Waals surface area contributed by atoms with Crippen LogP contribution in [0.25, 0.3) is 11.0 Å². The molecule has 0 radical (unpaired) electrons. The van der Waals surface area contributed by atoms with Crippen LogP contribution in [-0.4, -0.2) is 25.6 Å². The summed E-state index contributed by atoms with van der Waals surface area (Å²) in [6.45, 7) is 6.10. The minimum atomic E-state index is -0.0555. The average Bonchev–Trinajstić information content (AvgIpc) is 2.87. The second-order valence-electron chi connectivity index (χ2n) is 5.35. The number of furan rings is 1. The summed E-state index contributed by atoms with van der Waals surface area (Å²) in [6.07, 6.45) is 0. The van der Waals surface area contributed by atoms with Gasteiger partial charge in [0.2, 0.25) is 5.91 Å². The van der Waals surface area contributed by atoms with E-state index in [-0.39, 0.29) is 24.5 Å². The lowest BCUT2D eigenvalue weighted by Gasteiger charge is -2.12. The lowest BCUT2D eigenvalue weighted by molar-refractivity contribution is -0.120. The van der Waals surface area contributed by atoms with Gasteiger partial charge in [-0.15, -0.1) is 0 Å². The Morgan fingerprint density at radius 2 is 2.10 bits per heavy atom. The smallest absolute Gasteiger partial charge is 0.234 e. The van der Waals surface area contributed by atoms with Crippen LogP contribution in [0.3, 0.4) is 0 Å². The van der Waals surface area contributed by atoms with Crippen molar-refractivity contribution >= 4 is 16.9 Å². The number of ether oxygens (including phenoxy) is 1. The van der Waals surface area contributed by atoms with Gasteiger partial charge in [0.05, 0.1) is 19.7 Å². The number of amides is 1. The number of nitrogens with one attached hydrogen (secondary N) is 2. The number of benzene rings is 1. The summed E-state index contributed by atoms with van der Waals surface area (Å²) >= 11 is 0. The molecular weight excluding hydrogens is 268 g/mol. The first-order valence-corrected chi connectivity index (χ1v) is 7.10. The van der Waals surface area contributed by atoms with Gasteiger partial charge in [-0.25, -0.2) is 0 Å². The molecule has 0 saturated heterocycles. The number of carbonyl (C=O) groups is 1. The third-order valence-corrected chi connectivity index (χ3v) is 3.19. The third kappa shape index (κ3) is 3.76. The molecule has 0 spiro atoms. The van der Waals surface area contributed by atoms with Crippen molar-refractivity contribution in [1.82, 2.24) is 10.6 Å². The molecule has 21 heavy (non-hydrogen) atoms.